The average molecular weight is 507 g/mol. The molecule has 172 valence electrons. The van der Waals surface area contributed by atoms with Crippen LogP contribution in [0.15, 0.2) is 40.8 Å². The summed E-state index contributed by atoms with van der Waals surface area (Å²) in [5, 5.41) is 2.76. The highest BCUT2D eigenvalue weighted by atomic mass is 35.5. The highest BCUT2D eigenvalue weighted by Gasteiger charge is 2.60. The summed E-state index contributed by atoms with van der Waals surface area (Å²) in [7, 11) is 2.75. The van der Waals surface area contributed by atoms with Crippen LogP contribution in [0.1, 0.15) is 33.5 Å². The highest BCUT2D eigenvalue weighted by molar-refractivity contribution is 7.99. The van der Waals surface area contributed by atoms with Gasteiger partial charge in [0.1, 0.15) is 0 Å². The fraction of sp³-hybridized carbons (Fsp3) is 0.333. The first-order valence-electron chi connectivity index (χ1n) is 9.26. The van der Waals surface area contributed by atoms with Crippen molar-refractivity contribution in [2.75, 3.05) is 14.2 Å². The molecule has 1 atom stereocenters. The second-order valence-electron chi connectivity index (χ2n) is 7.10. The quantitative estimate of drug-likeness (QED) is 0.391. The van der Waals surface area contributed by atoms with E-state index >= 15 is 0 Å². The van der Waals surface area contributed by atoms with Gasteiger partial charge in [0.15, 0.2) is 4.75 Å². The van der Waals surface area contributed by atoms with Gasteiger partial charge in [0, 0.05) is 36.2 Å². The summed E-state index contributed by atoms with van der Waals surface area (Å²) in [4.78, 5) is 12.4. The SMILES string of the molecule is COC(NC(=O)c1ccc(C2=NSC(c3cc(Cl)cc(Cl)c3)(C(F)(F)F)C2)cc1C)OC. The van der Waals surface area contributed by atoms with E-state index in [1.54, 1.807) is 19.1 Å². The molecule has 0 aliphatic carbocycles. The molecule has 5 nitrogen and oxygen atoms in total. The lowest BCUT2D eigenvalue weighted by Gasteiger charge is -2.30. The molecule has 2 aromatic rings. The lowest BCUT2D eigenvalue weighted by Crippen LogP contribution is -2.38. The van der Waals surface area contributed by atoms with Crippen LogP contribution in [0.3, 0.4) is 0 Å². The second kappa shape index (κ2) is 9.61. The van der Waals surface area contributed by atoms with Crippen LogP contribution in [0, 0.1) is 6.92 Å². The van der Waals surface area contributed by atoms with Crippen molar-refractivity contribution in [2.45, 2.75) is 30.7 Å². The number of alkyl halides is 3. The molecule has 1 aliphatic rings. The molecule has 0 radical (unpaired) electrons. The maximum absolute atomic E-state index is 14.2. The summed E-state index contributed by atoms with van der Waals surface area (Å²) < 4.78 is 54.4. The first-order valence-corrected chi connectivity index (χ1v) is 10.8. The van der Waals surface area contributed by atoms with Gasteiger partial charge in [-0.05, 0) is 65.9 Å². The van der Waals surface area contributed by atoms with E-state index < -0.39 is 29.7 Å². The van der Waals surface area contributed by atoms with Gasteiger partial charge in [0.05, 0.1) is 5.71 Å². The Morgan fingerprint density at radius 3 is 2.31 bits per heavy atom. The number of halogens is 5. The smallest absolute Gasteiger partial charge is 0.339 e. The fourth-order valence-corrected chi connectivity index (χ4v) is 4.83. The molecule has 0 saturated carbocycles. The Morgan fingerprint density at radius 2 is 1.78 bits per heavy atom. The van der Waals surface area contributed by atoms with Crippen LogP contribution in [0.2, 0.25) is 10.0 Å². The monoisotopic (exact) mass is 506 g/mol. The van der Waals surface area contributed by atoms with Gasteiger partial charge in [-0.3, -0.25) is 4.79 Å². The third-order valence-corrected chi connectivity index (χ3v) is 6.67. The van der Waals surface area contributed by atoms with Gasteiger partial charge >= 0.3 is 6.18 Å². The van der Waals surface area contributed by atoms with Gasteiger partial charge in [0.2, 0.25) is 6.41 Å². The first kappa shape index (κ1) is 24.9. The number of aryl methyl sites for hydroxylation is 1. The van der Waals surface area contributed by atoms with Gasteiger partial charge < -0.3 is 14.8 Å². The summed E-state index contributed by atoms with van der Waals surface area (Å²) in [6, 6.07) is 8.61. The number of ether oxygens (including phenoxy) is 2. The fourth-order valence-electron chi connectivity index (χ4n) is 3.34. The normalized spacial score (nSPS) is 18.7. The Morgan fingerprint density at radius 1 is 1.16 bits per heavy atom. The molecular weight excluding hydrogens is 488 g/mol. The van der Waals surface area contributed by atoms with E-state index in [1.807, 2.05) is 0 Å². The van der Waals surface area contributed by atoms with Crippen molar-refractivity contribution in [3.63, 3.8) is 0 Å². The Balaban J connectivity index is 1.90. The van der Waals surface area contributed by atoms with Gasteiger partial charge in [0.25, 0.3) is 5.91 Å². The van der Waals surface area contributed by atoms with Crippen molar-refractivity contribution in [3.8, 4) is 0 Å². The molecule has 3 rings (SSSR count). The average Bonchev–Trinajstić information content (AvgIpc) is 3.18. The molecule has 0 aromatic heterocycles. The predicted octanol–water partition coefficient (Wildman–Crippen LogP) is 5.91. The van der Waals surface area contributed by atoms with Gasteiger partial charge in [-0.1, -0.05) is 29.3 Å². The zero-order chi connectivity index (χ0) is 23.7. The van der Waals surface area contributed by atoms with Crippen molar-refractivity contribution in [1.82, 2.24) is 5.32 Å². The van der Waals surface area contributed by atoms with Crippen molar-refractivity contribution >= 4 is 46.8 Å². The van der Waals surface area contributed by atoms with Crippen LogP contribution in [0.25, 0.3) is 0 Å². The summed E-state index contributed by atoms with van der Waals surface area (Å²) >= 11 is 12.4. The lowest BCUT2D eigenvalue weighted by atomic mass is 9.89. The Kier molecular flexibility index (Phi) is 7.46. The zero-order valence-corrected chi connectivity index (χ0v) is 19.5. The molecule has 1 heterocycles. The van der Waals surface area contributed by atoms with E-state index in [-0.39, 0.29) is 21.3 Å². The van der Waals surface area contributed by atoms with Crippen molar-refractivity contribution in [3.05, 3.63) is 68.7 Å². The molecule has 0 saturated heterocycles. The third-order valence-electron chi connectivity index (χ3n) is 5.00. The summed E-state index contributed by atoms with van der Waals surface area (Å²) in [6.45, 7) is 1.68. The number of carbonyl (C=O) groups excluding carboxylic acids is 1. The Hall–Kier alpha value is -1.78. The van der Waals surface area contributed by atoms with E-state index in [2.05, 4.69) is 9.71 Å². The summed E-state index contributed by atoms with van der Waals surface area (Å²) in [6.07, 6.45) is -5.94. The van der Waals surface area contributed by atoms with Crippen LogP contribution < -0.4 is 5.32 Å². The molecule has 1 unspecified atom stereocenters. The molecule has 0 spiro atoms. The Bertz CT molecular complexity index is 1040. The molecule has 1 amide bonds. The summed E-state index contributed by atoms with van der Waals surface area (Å²) in [5.74, 6) is -0.441. The van der Waals surface area contributed by atoms with Crippen LogP contribution in [0.4, 0.5) is 13.2 Å². The molecular formula is C21H19Cl2F3N2O3S. The maximum atomic E-state index is 14.2. The van der Waals surface area contributed by atoms with Crippen LogP contribution in [0.5, 0.6) is 0 Å². The minimum absolute atomic E-state index is 0.0656. The number of hydrogen-bond acceptors (Lipinski definition) is 5. The minimum Gasteiger partial charge on any atom is -0.339 e. The Labute approximate surface area is 197 Å². The first-order chi connectivity index (χ1) is 15.0. The molecule has 1 N–H and O–H groups in total. The van der Waals surface area contributed by atoms with Crippen LogP contribution in [-0.4, -0.2) is 38.4 Å². The van der Waals surface area contributed by atoms with E-state index in [1.165, 1.54) is 38.5 Å². The number of nitrogens with zero attached hydrogens (tertiary/aromatic N) is 1. The molecule has 0 bridgehead atoms. The molecule has 32 heavy (non-hydrogen) atoms. The summed E-state index contributed by atoms with van der Waals surface area (Å²) in [5.41, 5.74) is 1.58. The van der Waals surface area contributed by atoms with Crippen molar-refractivity contribution < 1.29 is 27.4 Å². The van der Waals surface area contributed by atoms with E-state index in [0.717, 1.165) is 0 Å². The predicted molar refractivity (Wildman–Crippen MR) is 119 cm³/mol. The number of amides is 1. The minimum atomic E-state index is -4.61. The van der Waals surface area contributed by atoms with Crippen LogP contribution >= 0.6 is 35.1 Å². The van der Waals surface area contributed by atoms with Crippen molar-refractivity contribution in [2.24, 2.45) is 4.40 Å². The van der Waals surface area contributed by atoms with Gasteiger partial charge in [-0.2, -0.15) is 13.2 Å². The molecule has 2 aromatic carbocycles. The number of carbonyl (C=O) groups is 1. The van der Waals surface area contributed by atoms with E-state index in [4.69, 9.17) is 32.7 Å². The maximum Gasteiger partial charge on any atom is 0.409 e. The molecule has 1 aliphatic heterocycles. The molecule has 11 heteroatoms. The standard InChI is InChI=1S/C21H19Cl2F3N2O3S/c1-11-6-12(4-5-16(11)18(29)27-19(30-2)31-3)17-10-20(32-28-17,21(24,25)26)13-7-14(22)9-15(23)8-13/h4-9,19H,10H2,1-3H3,(H,27,29). The largest absolute Gasteiger partial charge is 0.409 e. The molecule has 0 fully saturated rings. The van der Waals surface area contributed by atoms with E-state index in [9.17, 15) is 18.0 Å². The third kappa shape index (κ3) is 4.92. The highest BCUT2D eigenvalue weighted by Crippen LogP contribution is 2.57. The topological polar surface area (TPSA) is 59.9 Å². The number of benzene rings is 2. The zero-order valence-electron chi connectivity index (χ0n) is 17.2. The van der Waals surface area contributed by atoms with Crippen LogP contribution in [-0.2, 0) is 14.2 Å². The second-order valence-corrected chi connectivity index (χ2v) is 9.03. The number of nitrogens with one attached hydrogen (secondary N) is 1. The van der Waals surface area contributed by atoms with Gasteiger partial charge in [-0.25, -0.2) is 4.40 Å². The van der Waals surface area contributed by atoms with Crippen molar-refractivity contribution in [1.29, 1.82) is 0 Å². The van der Waals surface area contributed by atoms with E-state index in [0.29, 0.717) is 28.6 Å². The number of methoxy groups -OCH3 is 2. The lowest BCUT2D eigenvalue weighted by molar-refractivity contribution is -0.159. The number of rotatable bonds is 6. The van der Waals surface area contributed by atoms with Gasteiger partial charge in [-0.15, -0.1) is 0 Å². The number of hydrogen-bond donors (Lipinski definition) is 1.